The fourth-order valence-electron chi connectivity index (χ4n) is 2.33. The number of amides is 1. The molecule has 132 valence electrons. The number of ether oxygens (including phenoxy) is 2. The first kappa shape index (κ1) is 18.2. The molecule has 1 amide bonds. The van der Waals surface area contributed by atoms with Gasteiger partial charge in [-0.05, 0) is 29.8 Å². The summed E-state index contributed by atoms with van der Waals surface area (Å²) in [4.78, 5) is 12.0. The van der Waals surface area contributed by atoms with Crippen LogP contribution in [0.4, 0.5) is 0 Å². The molecule has 3 rings (SSSR count). The van der Waals surface area contributed by atoms with Gasteiger partial charge in [-0.15, -0.1) is 11.8 Å². The molecule has 1 aliphatic heterocycles. The third-order valence-electron chi connectivity index (χ3n) is 3.60. The molecule has 1 aliphatic rings. The quantitative estimate of drug-likeness (QED) is 0.793. The van der Waals surface area contributed by atoms with Crippen LogP contribution in [0.5, 0.6) is 11.5 Å². The van der Waals surface area contributed by atoms with Gasteiger partial charge < -0.3 is 14.8 Å². The van der Waals surface area contributed by atoms with Crippen molar-refractivity contribution in [3.8, 4) is 11.5 Å². The van der Waals surface area contributed by atoms with Crippen molar-refractivity contribution >= 4 is 40.9 Å². The fourth-order valence-corrected chi connectivity index (χ4v) is 3.75. The zero-order chi connectivity index (χ0) is 17.6. The van der Waals surface area contributed by atoms with Gasteiger partial charge in [0, 0.05) is 15.8 Å². The zero-order valence-corrected chi connectivity index (χ0v) is 15.7. The molecular weight excluding hydrogens is 381 g/mol. The highest BCUT2D eigenvalue weighted by Crippen LogP contribution is 2.30. The lowest BCUT2D eigenvalue weighted by Gasteiger charge is -2.26. The summed E-state index contributed by atoms with van der Waals surface area (Å²) in [6.45, 7) is 0.834. The molecule has 7 heteroatoms. The van der Waals surface area contributed by atoms with Gasteiger partial charge in [0.2, 0.25) is 5.91 Å². The molecule has 2 aromatic carbocycles. The van der Waals surface area contributed by atoms with Crippen LogP contribution in [0.1, 0.15) is 5.56 Å². The second-order valence-corrected chi connectivity index (χ2v) is 7.36. The van der Waals surface area contributed by atoms with Crippen molar-refractivity contribution in [2.45, 2.75) is 11.9 Å². The number of rotatable bonds is 6. The monoisotopic (exact) mass is 397 g/mol. The molecule has 0 bridgehead atoms. The molecule has 0 unspecified atom stereocenters. The molecule has 0 aromatic heterocycles. The number of hydrogen-bond donors (Lipinski definition) is 1. The van der Waals surface area contributed by atoms with Gasteiger partial charge in [0.15, 0.2) is 11.5 Å². The van der Waals surface area contributed by atoms with Crippen LogP contribution in [0, 0.1) is 0 Å². The molecule has 0 saturated carbocycles. The van der Waals surface area contributed by atoms with E-state index in [4.69, 9.17) is 32.7 Å². The minimum atomic E-state index is -0.186. The molecule has 1 N–H and O–H groups in total. The van der Waals surface area contributed by atoms with Crippen LogP contribution in [-0.2, 0) is 10.5 Å². The second-order valence-electron chi connectivity index (χ2n) is 5.53. The predicted octanol–water partition coefficient (Wildman–Crippen LogP) is 4.18. The van der Waals surface area contributed by atoms with E-state index in [1.807, 2.05) is 30.3 Å². The molecular formula is C18H17Cl2NO3S. The lowest BCUT2D eigenvalue weighted by atomic mass is 10.2. The summed E-state index contributed by atoms with van der Waals surface area (Å²) in [6.07, 6.45) is -0.186. The van der Waals surface area contributed by atoms with Crippen LogP contribution >= 0.6 is 35.0 Å². The van der Waals surface area contributed by atoms with Crippen molar-refractivity contribution in [3.05, 3.63) is 58.1 Å². The number of benzene rings is 2. The number of halogens is 2. The predicted molar refractivity (Wildman–Crippen MR) is 102 cm³/mol. The summed E-state index contributed by atoms with van der Waals surface area (Å²) in [5.74, 6) is 2.40. The van der Waals surface area contributed by atoms with E-state index in [9.17, 15) is 4.79 Å². The van der Waals surface area contributed by atoms with Crippen LogP contribution in [0.2, 0.25) is 10.0 Å². The average molecular weight is 398 g/mol. The Morgan fingerprint density at radius 1 is 1.20 bits per heavy atom. The van der Waals surface area contributed by atoms with Gasteiger partial charge in [0.25, 0.3) is 0 Å². The molecule has 1 heterocycles. The Labute approximate surface area is 160 Å². The Morgan fingerprint density at radius 2 is 2.00 bits per heavy atom. The molecule has 0 fully saturated rings. The van der Waals surface area contributed by atoms with E-state index in [-0.39, 0.29) is 12.0 Å². The maximum absolute atomic E-state index is 12.0. The number of para-hydroxylation sites is 2. The van der Waals surface area contributed by atoms with E-state index in [1.165, 1.54) is 11.8 Å². The Kier molecular flexibility index (Phi) is 6.34. The van der Waals surface area contributed by atoms with E-state index < -0.39 is 0 Å². The van der Waals surface area contributed by atoms with Crippen LogP contribution in [0.3, 0.4) is 0 Å². The average Bonchev–Trinajstić information content (AvgIpc) is 2.61. The minimum absolute atomic E-state index is 0.0439. The van der Waals surface area contributed by atoms with E-state index in [0.29, 0.717) is 40.5 Å². The number of fused-ring (bicyclic) bond motifs is 1. The van der Waals surface area contributed by atoms with Crippen molar-refractivity contribution < 1.29 is 14.3 Å². The number of carbonyl (C=O) groups excluding carboxylic acids is 1. The van der Waals surface area contributed by atoms with Gasteiger partial charge in [-0.3, -0.25) is 4.79 Å². The first-order chi connectivity index (χ1) is 12.1. The van der Waals surface area contributed by atoms with Crippen molar-refractivity contribution in [1.82, 2.24) is 5.32 Å². The van der Waals surface area contributed by atoms with Crippen molar-refractivity contribution in [2.24, 2.45) is 0 Å². The van der Waals surface area contributed by atoms with Gasteiger partial charge >= 0.3 is 0 Å². The highest BCUT2D eigenvalue weighted by molar-refractivity contribution is 7.99. The Bertz CT molecular complexity index is 757. The Balaban J connectivity index is 1.39. The third kappa shape index (κ3) is 5.21. The van der Waals surface area contributed by atoms with E-state index in [1.54, 1.807) is 12.1 Å². The van der Waals surface area contributed by atoms with Gasteiger partial charge in [0.05, 0.1) is 12.3 Å². The van der Waals surface area contributed by atoms with Crippen molar-refractivity contribution in [3.63, 3.8) is 0 Å². The van der Waals surface area contributed by atoms with Crippen molar-refractivity contribution in [1.29, 1.82) is 0 Å². The van der Waals surface area contributed by atoms with Crippen LogP contribution in [0.25, 0.3) is 0 Å². The topological polar surface area (TPSA) is 47.6 Å². The first-order valence-electron chi connectivity index (χ1n) is 7.78. The number of thioether (sulfide) groups is 1. The molecule has 25 heavy (non-hydrogen) atoms. The molecule has 1 atom stereocenters. The van der Waals surface area contributed by atoms with Gasteiger partial charge in [-0.2, -0.15) is 0 Å². The summed E-state index contributed by atoms with van der Waals surface area (Å²) in [5.41, 5.74) is 0.962. The highest BCUT2D eigenvalue weighted by Gasteiger charge is 2.20. The van der Waals surface area contributed by atoms with E-state index in [2.05, 4.69) is 5.32 Å². The largest absolute Gasteiger partial charge is 0.486 e. The number of nitrogens with one attached hydrogen (secondary N) is 1. The normalized spacial score (nSPS) is 15.7. The van der Waals surface area contributed by atoms with E-state index >= 15 is 0 Å². The Hall–Kier alpha value is -1.56. The molecule has 0 aliphatic carbocycles. The van der Waals surface area contributed by atoms with Crippen LogP contribution < -0.4 is 14.8 Å². The lowest BCUT2D eigenvalue weighted by Crippen LogP contribution is -2.41. The zero-order valence-electron chi connectivity index (χ0n) is 13.3. The summed E-state index contributed by atoms with van der Waals surface area (Å²) >= 11 is 13.5. The van der Waals surface area contributed by atoms with Gasteiger partial charge in [-0.1, -0.05) is 41.4 Å². The van der Waals surface area contributed by atoms with Gasteiger partial charge in [0.1, 0.15) is 12.7 Å². The summed E-state index contributed by atoms with van der Waals surface area (Å²) in [7, 11) is 0. The van der Waals surface area contributed by atoms with Crippen LogP contribution in [0.15, 0.2) is 42.5 Å². The molecule has 0 saturated heterocycles. The first-order valence-corrected chi connectivity index (χ1v) is 9.70. The Morgan fingerprint density at radius 3 is 2.80 bits per heavy atom. The summed E-state index contributed by atoms with van der Waals surface area (Å²) in [6, 6.07) is 12.9. The van der Waals surface area contributed by atoms with E-state index in [0.717, 1.165) is 11.3 Å². The van der Waals surface area contributed by atoms with Crippen LogP contribution in [-0.4, -0.2) is 30.9 Å². The number of hydrogen-bond acceptors (Lipinski definition) is 4. The highest BCUT2D eigenvalue weighted by atomic mass is 35.5. The molecule has 0 spiro atoms. The van der Waals surface area contributed by atoms with Crippen molar-refractivity contribution in [2.75, 3.05) is 18.9 Å². The second kappa shape index (κ2) is 8.70. The summed E-state index contributed by atoms with van der Waals surface area (Å²) in [5, 5.41) is 4.10. The maximum atomic E-state index is 12.0. The maximum Gasteiger partial charge on any atom is 0.230 e. The minimum Gasteiger partial charge on any atom is -0.486 e. The summed E-state index contributed by atoms with van der Waals surface area (Å²) < 4.78 is 11.4. The third-order valence-corrected chi connectivity index (χ3v) is 5.17. The smallest absolute Gasteiger partial charge is 0.230 e. The molecule has 2 aromatic rings. The molecule has 4 nitrogen and oxygen atoms in total. The number of carbonyl (C=O) groups is 1. The van der Waals surface area contributed by atoms with Gasteiger partial charge in [-0.25, -0.2) is 0 Å². The fraction of sp³-hybridized carbons (Fsp3) is 0.278. The lowest BCUT2D eigenvalue weighted by molar-refractivity contribution is -0.119. The SMILES string of the molecule is O=C(CSCc1ccc(Cl)cc1Cl)NC[C@H]1COc2ccccc2O1. The standard InChI is InChI=1S/C18H17Cl2NO3S/c19-13-6-5-12(15(20)7-13)10-25-11-18(22)21-8-14-9-23-16-3-1-2-4-17(16)24-14/h1-7,14H,8-11H2,(H,21,22)/t14-/m0/s1. The molecule has 0 radical (unpaired) electrons.